The second-order valence-electron chi connectivity index (χ2n) is 7.97. The molecule has 0 aliphatic rings. The van der Waals surface area contributed by atoms with Crippen LogP contribution in [0.15, 0.2) is 72.9 Å². The summed E-state index contributed by atoms with van der Waals surface area (Å²) < 4.78 is 31.9. The molecule has 0 atom stereocenters. The van der Waals surface area contributed by atoms with Gasteiger partial charge in [-0.2, -0.15) is 0 Å². The SMILES string of the molecule is CCCC(=O)N(Cc1ccccc1)c1ccc(Oc2ccnc3cc(OC)c(OC)cc23)c(F)c1. The van der Waals surface area contributed by atoms with Crippen LogP contribution in [0.5, 0.6) is 23.0 Å². The lowest BCUT2D eigenvalue weighted by Crippen LogP contribution is -2.30. The maximum absolute atomic E-state index is 15.2. The van der Waals surface area contributed by atoms with Crippen molar-refractivity contribution in [1.29, 1.82) is 0 Å². The Bertz CT molecular complexity index is 1330. The molecule has 0 aliphatic heterocycles. The average Bonchev–Trinajstić information content (AvgIpc) is 2.88. The number of rotatable bonds is 9. The second-order valence-corrected chi connectivity index (χ2v) is 7.97. The number of ether oxygens (including phenoxy) is 3. The van der Waals surface area contributed by atoms with Crippen molar-refractivity contribution in [1.82, 2.24) is 4.98 Å². The van der Waals surface area contributed by atoms with Crippen molar-refractivity contribution < 1.29 is 23.4 Å². The first-order valence-electron chi connectivity index (χ1n) is 11.4. The van der Waals surface area contributed by atoms with Crippen LogP contribution in [0.3, 0.4) is 0 Å². The van der Waals surface area contributed by atoms with Gasteiger partial charge in [-0.15, -0.1) is 0 Å². The van der Waals surface area contributed by atoms with Crippen LogP contribution in [0.2, 0.25) is 0 Å². The van der Waals surface area contributed by atoms with E-state index in [1.54, 1.807) is 49.6 Å². The van der Waals surface area contributed by atoms with Gasteiger partial charge in [-0.3, -0.25) is 9.78 Å². The van der Waals surface area contributed by atoms with Gasteiger partial charge >= 0.3 is 0 Å². The number of aromatic nitrogens is 1. The fourth-order valence-electron chi connectivity index (χ4n) is 3.83. The summed E-state index contributed by atoms with van der Waals surface area (Å²) >= 11 is 0. The Hall–Kier alpha value is -4.13. The van der Waals surface area contributed by atoms with Crippen molar-refractivity contribution in [3.05, 3.63) is 84.3 Å². The number of benzene rings is 3. The number of anilines is 1. The molecule has 6 nitrogen and oxygen atoms in total. The summed E-state index contributed by atoms with van der Waals surface area (Å²) in [5.41, 5.74) is 2.06. The van der Waals surface area contributed by atoms with E-state index in [2.05, 4.69) is 4.98 Å². The molecule has 0 unspecified atom stereocenters. The Kier molecular flexibility index (Phi) is 7.45. The van der Waals surface area contributed by atoms with Crippen molar-refractivity contribution in [2.75, 3.05) is 19.1 Å². The third kappa shape index (κ3) is 5.35. The third-order valence-corrected chi connectivity index (χ3v) is 5.60. The van der Waals surface area contributed by atoms with Crippen molar-refractivity contribution in [3.63, 3.8) is 0 Å². The average molecular weight is 475 g/mol. The Morgan fingerprint density at radius 3 is 2.34 bits per heavy atom. The Balaban J connectivity index is 1.65. The van der Waals surface area contributed by atoms with E-state index in [1.165, 1.54) is 12.1 Å². The van der Waals surface area contributed by atoms with Crippen LogP contribution in [0.4, 0.5) is 10.1 Å². The molecule has 4 rings (SSSR count). The zero-order chi connectivity index (χ0) is 24.8. The Morgan fingerprint density at radius 2 is 1.66 bits per heavy atom. The fraction of sp³-hybridized carbons (Fsp3) is 0.214. The van der Waals surface area contributed by atoms with Crippen molar-refractivity contribution in [2.24, 2.45) is 0 Å². The molecule has 3 aromatic carbocycles. The minimum Gasteiger partial charge on any atom is -0.493 e. The van der Waals surface area contributed by atoms with E-state index in [9.17, 15) is 4.79 Å². The van der Waals surface area contributed by atoms with E-state index in [-0.39, 0.29) is 11.7 Å². The highest BCUT2D eigenvalue weighted by Crippen LogP contribution is 2.38. The first kappa shape index (κ1) is 24.0. The summed E-state index contributed by atoms with van der Waals surface area (Å²) in [4.78, 5) is 18.8. The number of hydrogen-bond acceptors (Lipinski definition) is 5. The van der Waals surface area contributed by atoms with Crippen molar-refractivity contribution in [2.45, 2.75) is 26.3 Å². The lowest BCUT2D eigenvalue weighted by Gasteiger charge is -2.23. The molecule has 0 saturated carbocycles. The molecule has 180 valence electrons. The first-order valence-corrected chi connectivity index (χ1v) is 11.4. The second kappa shape index (κ2) is 10.9. The quantitative estimate of drug-likeness (QED) is 0.276. The van der Waals surface area contributed by atoms with Crippen molar-refractivity contribution >= 4 is 22.5 Å². The highest BCUT2D eigenvalue weighted by molar-refractivity contribution is 5.93. The number of carbonyl (C=O) groups is 1. The third-order valence-electron chi connectivity index (χ3n) is 5.60. The molecule has 0 saturated heterocycles. The zero-order valence-electron chi connectivity index (χ0n) is 20.0. The van der Waals surface area contributed by atoms with Gasteiger partial charge in [0.05, 0.1) is 26.3 Å². The summed E-state index contributed by atoms with van der Waals surface area (Å²) in [6.45, 7) is 2.30. The monoisotopic (exact) mass is 474 g/mol. The first-order chi connectivity index (χ1) is 17.0. The molecule has 0 bridgehead atoms. The maximum atomic E-state index is 15.2. The van der Waals surface area contributed by atoms with Crippen LogP contribution >= 0.6 is 0 Å². The van der Waals surface area contributed by atoms with Gasteiger partial charge in [0.25, 0.3) is 0 Å². The molecule has 0 N–H and O–H groups in total. The van der Waals surface area contributed by atoms with Gasteiger partial charge in [-0.25, -0.2) is 4.39 Å². The van der Waals surface area contributed by atoms with Crippen LogP contribution in [0.25, 0.3) is 10.9 Å². The highest BCUT2D eigenvalue weighted by Gasteiger charge is 2.19. The standard InChI is InChI=1S/C28H27FN2O4/c1-4-8-28(32)31(18-19-9-6-5-7-10-19)20-11-12-25(22(29)15-20)35-24-13-14-30-23-17-27(34-3)26(33-2)16-21(23)24/h5-7,9-17H,4,8,18H2,1-3H3. The smallest absolute Gasteiger partial charge is 0.227 e. The summed E-state index contributed by atoms with van der Waals surface area (Å²) in [7, 11) is 3.09. The number of pyridine rings is 1. The number of hydrogen-bond donors (Lipinski definition) is 0. The van der Waals surface area contributed by atoms with Crippen LogP contribution in [0, 0.1) is 5.82 Å². The van der Waals surface area contributed by atoms with Gasteiger partial charge in [-0.05, 0) is 36.2 Å². The molecule has 0 spiro atoms. The lowest BCUT2D eigenvalue weighted by atomic mass is 10.1. The Morgan fingerprint density at radius 1 is 0.914 bits per heavy atom. The molecule has 1 heterocycles. The number of fused-ring (bicyclic) bond motifs is 1. The summed E-state index contributed by atoms with van der Waals surface area (Å²) in [6.07, 6.45) is 2.67. The van der Waals surface area contributed by atoms with Crippen LogP contribution in [-0.2, 0) is 11.3 Å². The molecule has 35 heavy (non-hydrogen) atoms. The van der Waals surface area contributed by atoms with E-state index < -0.39 is 5.82 Å². The van der Waals surface area contributed by atoms with Crippen LogP contribution in [0.1, 0.15) is 25.3 Å². The van der Waals surface area contributed by atoms with Gasteiger partial charge in [-0.1, -0.05) is 37.3 Å². The molecule has 1 amide bonds. The number of nitrogens with zero attached hydrogens (tertiary/aromatic N) is 2. The molecule has 1 aromatic heterocycles. The Labute approximate surface area is 203 Å². The predicted molar refractivity (Wildman–Crippen MR) is 134 cm³/mol. The largest absolute Gasteiger partial charge is 0.493 e. The summed E-state index contributed by atoms with van der Waals surface area (Å²) in [5, 5.41) is 0.650. The molecule has 4 aromatic rings. The normalized spacial score (nSPS) is 10.7. The molecular weight excluding hydrogens is 447 g/mol. The summed E-state index contributed by atoms with van der Waals surface area (Å²) in [5.74, 6) is 0.875. The summed E-state index contributed by atoms with van der Waals surface area (Å²) in [6, 6.07) is 19.3. The van der Waals surface area contributed by atoms with Crippen LogP contribution in [-0.4, -0.2) is 25.1 Å². The van der Waals surface area contributed by atoms with E-state index in [4.69, 9.17) is 14.2 Å². The van der Waals surface area contributed by atoms with Gasteiger partial charge in [0.1, 0.15) is 5.75 Å². The van der Waals surface area contributed by atoms with E-state index in [0.29, 0.717) is 53.2 Å². The number of methoxy groups -OCH3 is 2. The molecular formula is C28H27FN2O4. The van der Waals surface area contributed by atoms with Gasteiger partial charge in [0.2, 0.25) is 5.91 Å². The minimum atomic E-state index is -0.574. The van der Waals surface area contributed by atoms with Crippen LogP contribution < -0.4 is 19.1 Å². The molecule has 0 aliphatic carbocycles. The highest BCUT2D eigenvalue weighted by atomic mass is 19.1. The molecule has 0 radical (unpaired) electrons. The minimum absolute atomic E-state index is 0.0404. The number of carbonyl (C=O) groups excluding carboxylic acids is 1. The van der Waals surface area contributed by atoms with E-state index >= 15 is 4.39 Å². The molecule has 7 heteroatoms. The van der Waals surface area contributed by atoms with Crippen molar-refractivity contribution in [3.8, 4) is 23.0 Å². The maximum Gasteiger partial charge on any atom is 0.227 e. The number of amides is 1. The van der Waals surface area contributed by atoms with Gasteiger partial charge in [0.15, 0.2) is 23.1 Å². The lowest BCUT2D eigenvalue weighted by molar-refractivity contribution is -0.118. The number of halogens is 1. The topological polar surface area (TPSA) is 60.9 Å². The fourth-order valence-corrected chi connectivity index (χ4v) is 3.83. The van der Waals surface area contributed by atoms with E-state index in [1.807, 2.05) is 37.3 Å². The molecule has 0 fully saturated rings. The van der Waals surface area contributed by atoms with E-state index in [0.717, 1.165) is 5.56 Å². The van der Waals surface area contributed by atoms with Gasteiger partial charge < -0.3 is 19.1 Å². The van der Waals surface area contributed by atoms with Gasteiger partial charge in [0, 0.05) is 35.8 Å². The predicted octanol–water partition coefficient (Wildman–Crippen LogP) is 6.52. The zero-order valence-corrected chi connectivity index (χ0v) is 20.0.